The van der Waals surface area contributed by atoms with Gasteiger partial charge in [-0.05, 0) is 30.7 Å². The third kappa shape index (κ3) is 3.59. The number of hydrogen-bond donors (Lipinski definition) is 1. The number of rotatable bonds is 3. The van der Waals surface area contributed by atoms with Gasteiger partial charge in [0.25, 0.3) is 5.91 Å². The molecule has 1 N–H and O–H groups in total. The molecule has 1 aliphatic rings. The Labute approximate surface area is 169 Å². The zero-order valence-corrected chi connectivity index (χ0v) is 16.1. The molecule has 0 spiro atoms. The molecule has 29 heavy (non-hydrogen) atoms. The van der Waals surface area contributed by atoms with Crippen LogP contribution in [0.1, 0.15) is 22.8 Å². The number of fused-ring (bicyclic) bond motifs is 1. The molecule has 0 saturated carbocycles. The van der Waals surface area contributed by atoms with Crippen LogP contribution in [0.3, 0.4) is 0 Å². The van der Waals surface area contributed by atoms with E-state index in [1.54, 1.807) is 0 Å². The van der Waals surface area contributed by atoms with Crippen molar-refractivity contribution in [3.8, 4) is 0 Å². The van der Waals surface area contributed by atoms with E-state index in [9.17, 15) is 31.9 Å². The molecule has 1 atom stereocenters. The Morgan fingerprint density at radius 3 is 2.45 bits per heavy atom. The largest absolute Gasteiger partial charge is 0.406 e. The molecule has 0 saturated heterocycles. The lowest BCUT2D eigenvalue weighted by atomic mass is 9.75. The van der Waals surface area contributed by atoms with Gasteiger partial charge >= 0.3 is 6.18 Å². The Kier molecular flexibility index (Phi) is 5.15. The number of nitrogens with zero attached hydrogens (tertiary/aromatic N) is 3. The summed E-state index contributed by atoms with van der Waals surface area (Å²) in [6.45, 7) is -0.347. The van der Waals surface area contributed by atoms with Crippen molar-refractivity contribution in [2.75, 3.05) is 11.9 Å². The van der Waals surface area contributed by atoms with Crippen LogP contribution in [0.25, 0.3) is 0 Å². The summed E-state index contributed by atoms with van der Waals surface area (Å²) in [5.74, 6) is -4.77. The average molecular weight is 475 g/mol. The topological polar surface area (TPSA) is 92.3 Å². The molecule has 1 aliphatic heterocycles. The quantitative estimate of drug-likeness (QED) is 0.545. The van der Waals surface area contributed by atoms with Crippen molar-refractivity contribution in [2.45, 2.75) is 18.5 Å². The smallest absolute Gasteiger partial charge is 0.293 e. The number of anilines is 1. The second kappa shape index (κ2) is 7.17. The number of alkyl halides is 3. The van der Waals surface area contributed by atoms with Gasteiger partial charge in [-0.15, -0.1) is 0 Å². The summed E-state index contributed by atoms with van der Waals surface area (Å²) < 4.78 is 54.7. The normalized spacial score (nSPS) is 19.2. The van der Waals surface area contributed by atoms with Gasteiger partial charge in [0.2, 0.25) is 17.8 Å². The molecule has 12 heteroatoms. The molecule has 1 aromatic heterocycles. The van der Waals surface area contributed by atoms with Gasteiger partial charge < -0.3 is 0 Å². The summed E-state index contributed by atoms with van der Waals surface area (Å²) in [5, 5.41) is 2.09. The maximum atomic E-state index is 13.9. The molecular weight excluding hydrogens is 464 g/mol. The van der Waals surface area contributed by atoms with Crippen LogP contribution in [0.4, 0.5) is 23.5 Å². The molecule has 152 valence electrons. The highest BCUT2D eigenvalue weighted by atomic mass is 79.9. The first-order valence-electron chi connectivity index (χ1n) is 7.95. The van der Waals surface area contributed by atoms with Gasteiger partial charge in [-0.2, -0.15) is 13.2 Å². The monoisotopic (exact) mass is 474 g/mol. The molecule has 1 unspecified atom stereocenters. The highest BCUT2D eigenvalue weighted by Gasteiger charge is 2.63. The molecule has 2 heterocycles. The summed E-state index contributed by atoms with van der Waals surface area (Å²) in [7, 11) is 0. The van der Waals surface area contributed by atoms with Crippen LogP contribution >= 0.6 is 15.9 Å². The molecule has 0 fully saturated rings. The molecule has 0 aliphatic carbocycles. The van der Waals surface area contributed by atoms with Gasteiger partial charge in [0.15, 0.2) is 11.2 Å². The average Bonchev–Trinajstić information content (AvgIpc) is 2.64. The lowest BCUT2D eigenvalue weighted by Crippen LogP contribution is -2.60. The molecular formula is C17H11BrF4N4O3. The van der Waals surface area contributed by atoms with E-state index >= 15 is 0 Å². The van der Waals surface area contributed by atoms with E-state index in [1.807, 2.05) is 0 Å². The zero-order valence-electron chi connectivity index (χ0n) is 14.6. The Hall–Kier alpha value is -2.89. The summed E-state index contributed by atoms with van der Waals surface area (Å²) in [5.41, 5.74) is -3.89. The van der Waals surface area contributed by atoms with Crippen LogP contribution in [-0.2, 0) is 15.0 Å². The number of carbonyl (C=O) groups is 3. The zero-order chi connectivity index (χ0) is 21.6. The number of amides is 3. The van der Waals surface area contributed by atoms with Crippen LogP contribution in [0.15, 0.2) is 35.1 Å². The SMILES string of the molecule is CC1(C(F)(F)F)C(=O)N(CC(=O)Nc2ncc(F)cn2)C(=O)c2ccc(Br)cc21. The number of aromatic nitrogens is 2. The van der Waals surface area contributed by atoms with Crippen molar-refractivity contribution in [2.24, 2.45) is 0 Å². The van der Waals surface area contributed by atoms with Crippen LogP contribution in [0.2, 0.25) is 0 Å². The molecule has 7 nitrogen and oxygen atoms in total. The van der Waals surface area contributed by atoms with Gasteiger partial charge in [-0.3, -0.25) is 24.6 Å². The van der Waals surface area contributed by atoms with Crippen molar-refractivity contribution in [3.63, 3.8) is 0 Å². The number of benzene rings is 1. The fourth-order valence-corrected chi connectivity index (χ4v) is 3.20. The predicted molar refractivity (Wildman–Crippen MR) is 94.2 cm³/mol. The number of carbonyl (C=O) groups excluding carboxylic acids is 3. The fraction of sp³-hybridized carbons (Fsp3) is 0.235. The van der Waals surface area contributed by atoms with Crippen LogP contribution in [0.5, 0.6) is 0 Å². The highest BCUT2D eigenvalue weighted by molar-refractivity contribution is 9.10. The summed E-state index contributed by atoms with van der Waals surface area (Å²) >= 11 is 3.04. The Morgan fingerprint density at radius 1 is 1.24 bits per heavy atom. The van der Waals surface area contributed by atoms with Gasteiger partial charge in [-0.1, -0.05) is 15.9 Å². The number of nitrogens with one attached hydrogen (secondary N) is 1. The van der Waals surface area contributed by atoms with E-state index in [4.69, 9.17) is 0 Å². The second-order valence-electron chi connectivity index (χ2n) is 6.28. The van der Waals surface area contributed by atoms with Crippen LogP contribution in [-0.4, -0.2) is 45.3 Å². The van der Waals surface area contributed by atoms with Crippen molar-refractivity contribution < 1.29 is 31.9 Å². The van der Waals surface area contributed by atoms with E-state index in [-0.39, 0.29) is 20.9 Å². The van der Waals surface area contributed by atoms with Crippen LogP contribution < -0.4 is 5.32 Å². The van der Waals surface area contributed by atoms with E-state index < -0.39 is 47.2 Å². The van der Waals surface area contributed by atoms with E-state index in [2.05, 4.69) is 31.2 Å². The number of imide groups is 1. The lowest BCUT2D eigenvalue weighted by molar-refractivity contribution is -0.197. The molecule has 0 bridgehead atoms. The van der Waals surface area contributed by atoms with Crippen molar-refractivity contribution in [3.05, 3.63) is 52.0 Å². The van der Waals surface area contributed by atoms with Crippen molar-refractivity contribution in [1.29, 1.82) is 0 Å². The Balaban J connectivity index is 1.96. The first-order valence-corrected chi connectivity index (χ1v) is 8.75. The molecule has 2 aromatic rings. The summed E-state index contributed by atoms with van der Waals surface area (Å²) in [6, 6.07) is 3.56. The minimum Gasteiger partial charge on any atom is -0.293 e. The standard InChI is InChI=1S/C17H11BrF4N4O3/c1-16(17(20,21)22)11-4-8(18)2-3-10(11)13(28)26(14(16)29)7-12(27)25-15-23-5-9(19)6-24-15/h2-6H,7H2,1H3,(H,23,24,25,27). The molecule has 1 aromatic carbocycles. The Bertz CT molecular complexity index is 1010. The van der Waals surface area contributed by atoms with E-state index in [1.165, 1.54) is 6.07 Å². The first kappa shape index (κ1) is 20.8. The molecule has 3 amide bonds. The van der Waals surface area contributed by atoms with Gasteiger partial charge in [0.1, 0.15) is 6.54 Å². The number of hydrogen-bond acceptors (Lipinski definition) is 5. The van der Waals surface area contributed by atoms with Crippen molar-refractivity contribution >= 4 is 39.6 Å². The second-order valence-corrected chi connectivity index (χ2v) is 7.20. The maximum absolute atomic E-state index is 13.9. The summed E-state index contributed by atoms with van der Waals surface area (Å²) in [6.07, 6.45) is -3.52. The third-order valence-corrected chi connectivity index (χ3v) is 4.90. The van der Waals surface area contributed by atoms with Gasteiger partial charge in [-0.25, -0.2) is 14.4 Å². The van der Waals surface area contributed by atoms with E-state index in [0.717, 1.165) is 24.5 Å². The van der Waals surface area contributed by atoms with Crippen LogP contribution in [0, 0.1) is 5.82 Å². The molecule has 0 radical (unpaired) electrons. The molecule has 3 rings (SSSR count). The summed E-state index contributed by atoms with van der Waals surface area (Å²) in [4.78, 5) is 44.7. The maximum Gasteiger partial charge on any atom is 0.406 e. The first-order chi connectivity index (χ1) is 13.4. The minimum atomic E-state index is -5.03. The third-order valence-electron chi connectivity index (χ3n) is 4.41. The number of halogens is 5. The van der Waals surface area contributed by atoms with Gasteiger partial charge in [0.05, 0.1) is 12.4 Å². The van der Waals surface area contributed by atoms with Gasteiger partial charge in [0, 0.05) is 10.0 Å². The van der Waals surface area contributed by atoms with Crippen molar-refractivity contribution in [1.82, 2.24) is 14.9 Å². The Morgan fingerprint density at radius 2 is 1.86 bits per heavy atom. The lowest BCUT2D eigenvalue weighted by Gasteiger charge is -2.40. The van der Waals surface area contributed by atoms with E-state index in [0.29, 0.717) is 6.92 Å². The predicted octanol–water partition coefficient (Wildman–Crippen LogP) is 2.82. The highest BCUT2D eigenvalue weighted by Crippen LogP contribution is 2.47. The fourth-order valence-electron chi connectivity index (χ4n) is 2.84. The minimum absolute atomic E-state index is 0.225.